The maximum Gasteiger partial charge on any atom is 0.353 e. The molecule has 0 amide bonds. The van der Waals surface area contributed by atoms with Crippen molar-refractivity contribution in [2.45, 2.75) is 18.9 Å². The topological polar surface area (TPSA) is 101 Å². The van der Waals surface area contributed by atoms with Gasteiger partial charge in [0.2, 0.25) is 11.6 Å². The monoisotopic (exact) mass is 266 g/mol. The Labute approximate surface area is 111 Å². The first-order valence-electron chi connectivity index (χ1n) is 6.17. The van der Waals surface area contributed by atoms with E-state index >= 15 is 0 Å². The third-order valence-corrected chi connectivity index (χ3v) is 3.44. The molecule has 8 nitrogen and oxygen atoms in total. The summed E-state index contributed by atoms with van der Waals surface area (Å²) in [4.78, 5) is 22.4. The van der Waals surface area contributed by atoms with Crippen LogP contribution < -0.4 is 10.6 Å². The summed E-state index contributed by atoms with van der Waals surface area (Å²) >= 11 is 0. The van der Waals surface area contributed by atoms with Gasteiger partial charge >= 0.3 is 5.69 Å². The second-order valence-electron chi connectivity index (χ2n) is 4.89. The number of piperidine rings is 1. The predicted molar refractivity (Wildman–Crippen MR) is 72.0 cm³/mol. The molecule has 1 unspecified atom stereocenters. The Balaban J connectivity index is 2.31. The summed E-state index contributed by atoms with van der Waals surface area (Å²) < 4.78 is 0. The van der Waals surface area contributed by atoms with Crippen molar-refractivity contribution in [3.05, 3.63) is 16.4 Å². The van der Waals surface area contributed by atoms with Gasteiger partial charge in [-0.1, -0.05) is 0 Å². The molecule has 0 spiro atoms. The van der Waals surface area contributed by atoms with E-state index in [1.165, 1.54) is 6.33 Å². The first-order valence-corrected chi connectivity index (χ1v) is 6.17. The van der Waals surface area contributed by atoms with E-state index in [0.29, 0.717) is 18.4 Å². The van der Waals surface area contributed by atoms with Crippen LogP contribution in [0, 0.1) is 10.1 Å². The SMILES string of the molecule is CN(C)C1CCCN(c2ncnc(N)c2[N+](=O)[O-])C1. The van der Waals surface area contributed by atoms with Gasteiger partial charge in [0.05, 0.1) is 4.92 Å². The average Bonchev–Trinajstić information content (AvgIpc) is 2.38. The summed E-state index contributed by atoms with van der Waals surface area (Å²) in [6, 6.07) is 0.365. The Morgan fingerprint density at radius 2 is 2.26 bits per heavy atom. The van der Waals surface area contributed by atoms with Crippen molar-refractivity contribution in [1.29, 1.82) is 0 Å². The van der Waals surface area contributed by atoms with Gasteiger partial charge in [0.15, 0.2) is 0 Å². The number of anilines is 2. The van der Waals surface area contributed by atoms with Crippen molar-refractivity contribution in [3.63, 3.8) is 0 Å². The molecule has 0 bridgehead atoms. The van der Waals surface area contributed by atoms with Crippen LogP contribution in [0.1, 0.15) is 12.8 Å². The lowest BCUT2D eigenvalue weighted by molar-refractivity contribution is -0.383. The van der Waals surface area contributed by atoms with Crippen molar-refractivity contribution >= 4 is 17.3 Å². The summed E-state index contributed by atoms with van der Waals surface area (Å²) in [6.07, 6.45) is 3.33. The smallest absolute Gasteiger partial charge is 0.353 e. The molecule has 19 heavy (non-hydrogen) atoms. The van der Waals surface area contributed by atoms with E-state index in [4.69, 9.17) is 5.73 Å². The minimum Gasteiger partial charge on any atom is -0.378 e. The van der Waals surface area contributed by atoms with Gasteiger partial charge in [0.25, 0.3) is 0 Å². The average molecular weight is 266 g/mol. The van der Waals surface area contributed by atoms with Crippen LogP contribution in [-0.4, -0.2) is 53.0 Å². The first-order chi connectivity index (χ1) is 9.00. The Hall–Kier alpha value is -1.96. The highest BCUT2D eigenvalue weighted by atomic mass is 16.6. The number of rotatable bonds is 3. The summed E-state index contributed by atoms with van der Waals surface area (Å²) in [5, 5.41) is 11.1. The normalized spacial score (nSPS) is 19.7. The highest BCUT2D eigenvalue weighted by Crippen LogP contribution is 2.31. The number of nitrogens with zero attached hydrogens (tertiary/aromatic N) is 5. The van der Waals surface area contributed by atoms with Gasteiger partial charge in [-0.3, -0.25) is 10.1 Å². The molecule has 1 aliphatic heterocycles. The molecule has 2 heterocycles. The van der Waals surface area contributed by atoms with Crippen molar-refractivity contribution in [2.75, 3.05) is 37.8 Å². The third-order valence-electron chi connectivity index (χ3n) is 3.44. The van der Waals surface area contributed by atoms with Crippen LogP contribution in [-0.2, 0) is 0 Å². The number of likely N-dealkylation sites (N-methyl/N-ethyl adjacent to an activating group) is 1. The summed E-state index contributed by atoms with van der Waals surface area (Å²) in [5.41, 5.74) is 5.40. The van der Waals surface area contributed by atoms with Gasteiger partial charge in [-0.05, 0) is 26.9 Å². The summed E-state index contributed by atoms with van der Waals surface area (Å²) in [6.45, 7) is 1.46. The van der Waals surface area contributed by atoms with Crippen LogP contribution in [0.2, 0.25) is 0 Å². The van der Waals surface area contributed by atoms with Crippen molar-refractivity contribution < 1.29 is 4.92 Å². The molecule has 2 rings (SSSR count). The molecule has 0 aromatic carbocycles. The molecule has 2 N–H and O–H groups in total. The zero-order valence-electron chi connectivity index (χ0n) is 11.1. The fourth-order valence-electron chi connectivity index (χ4n) is 2.36. The molecule has 0 radical (unpaired) electrons. The first kappa shape index (κ1) is 13.5. The van der Waals surface area contributed by atoms with Crippen LogP contribution in [0.15, 0.2) is 6.33 Å². The number of nitrogen functional groups attached to an aromatic ring is 1. The maximum atomic E-state index is 11.1. The minimum atomic E-state index is -0.510. The molecule has 104 valence electrons. The van der Waals surface area contributed by atoms with E-state index in [1.54, 1.807) is 0 Å². The molecule has 1 aromatic heterocycles. The van der Waals surface area contributed by atoms with E-state index in [1.807, 2.05) is 19.0 Å². The van der Waals surface area contributed by atoms with E-state index < -0.39 is 4.92 Å². The number of nitrogens with two attached hydrogens (primary N) is 1. The van der Waals surface area contributed by atoms with E-state index in [9.17, 15) is 10.1 Å². The fraction of sp³-hybridized carbons (Fsp3) is 0.636. The second kappa shape index (κ2) is 5.35. The number of hydrogen-bond donors (Lipinski definition) is 1. The van der Waals surface area contributed by atoms with E-state index in [0.717, 1.165) is 19.4 Å². The highest BCUT2D eigenvalue weighted by molar-refractivity contribution is 5.68. The quantitative estimate of drug-likeness (QED) is 0.627. The second-order valence-corrected chi connectivity index (χ2v) is 4.89. The minimum absolute atomic E-state index is 0.0815. The van der Waals surface area contributed by atoms with E-state index in [2.05, 4.69) is 14.9 Å². The Morgan fingerprint density at radius 3 is 2.89 bits per heavy atom. The van der Waals surface area contributed by atoms with Crippen LogP contribution in [0.3, 0.4) is 0 Å². The fourth-order valence-corrected chi connectivity index (χ4v) is 2.36. The Morgan fingerprint density at radius 1 is 1.53 bits per heavy atom. The lowest BCUT2D eigenvalue weighted by Crippen LogP contribution is -2.45. The molecule has 0 aliphatic carbocycles. The van der Waals surface area contributed by atoms with Crippen LogP contribution in [0.4, 0.5) is 17.3 Å². The van der Waals surface area contributed by atoms with Gasteiger partial charge in [-0.15, -0.1) is 0 Å². The molecular weight excluding hydrogens is 248 g/mol. The lowest BCUT2D eigenvalue weighted by Gasteiger charge is -2.36. The van der Waals surface area contributed by atoms with Gasteiger partial charge in [0, 0.05) is 19.1 Å². The van der Waals surface area contributed by atoms with E-state index in [-0.39, 0.29) is 11.5 Å². The lowest BCUT2D eigenvalue weighted by atomic mass is 10.0. The van der Waals surface area contributed by atoms with Gasteiger partial charge in [0.1, 0.15) is 6.33 Å². The maximum absolute atomic E-state index is 11.1. The van der Waals surface area contributed by atoms with Crippen LogP contribution >= 0.6 is 0 Å². The van der Waals surface area contributed by atoms with Crippen molar-refractivity contribution in [1.82, 2.24) is 14.9 Å². The van der Waals surface area contributed by atoms with Gasteiger partial charge in [-0.25, -0.2) is 9.97 Å². The Bertz CT molecular complexity index is 478. The zero-order chi connectivity index (χ0) is 14.0. The molecule has 1 aliphatic rings. The third kappa shape index (κ3) is 2.73. The number of hydrogen-bond acceptors (Lipinski definition) is 7. The molecule has 1 fully saturated rings. The number of nitro groups is 1. The molecule has 1 atom stereocenters. The zero-order valence-corrected chi connectivity index (χ0v) is 11.1. The molecular formula is C11H18N6O2. The highest BCUT2D eigenvalue weighted by Gasteiger charge is 2.29. The van der Waals surface area contributed by atoms with Gasteiger partial charge in [-0.2, -0.15) is 0 Å². The molecule has 0 saturated carbocycles. The molecule has 1 saturated heterocycles. The number of aromatic nitrogens is 2. The summed E-state index contributed by atoms with van der Waals surface area (Å²) in [5.74, 6) is 0.242. The van der Waals surface area contributed by atoms with Gasteiger partial charge < -0.3 is 15.5 Å². The summed E-state index contributed by atoms with van der Waals surface area (Å²) in [7, 11) is 4.02. The van der Waals surface area contributed by atoms with Crippen LogP contribution in [0.5, 0.6) is 0 Å². The largest absolute Gasteiger partial charge is 0.378 e. The van der Waals surface area contributed by atoms with Crippen molar-refractivity contribution in [2.24, 2.45) is 0 Å². The Kier molecular flexibility index (Phi) is 3.79. The molecule has 8 heteroatoms. The molecule has 1 aromatic rings. The van der Waals surface area contributed by atoms with Crippen LogP contribution in [0.25, 0.3) is 0 Å². The standard InChI is InChI=1S/C11H18N6O2/c1-15(2)8-4-3-5-16(6-8)11-9(17(18)19)10(12)13-7-14-11/h7-8H,3-6H2,1-2H3,(H2,12,13,14). The predicted octanol–water partition coefficient (Wildman–Crippen LogP) is 0.497. The van der Waals surface area contributed by atoms with Crippen molar-refractivity contribution in [3.8, 4) is 0 Å².